The molecule has 0 amide bonds. The van der Waals surface area contributed by atoms with E-state index in [1.165, 1.54) is 0 Å². The van der Waals surface area contributed by atoms with Gasteiger partial charge in [-0.25, -0.2) is 8.42 Å². The molecule has 5 heteroatoms. The Bertz CT molecular complexity index is 383. The van der Waals surface area contributed by atoms with E-state index in [0.717, 1.165) is 19.3 Å². The highest BCUT2D eigenvalue weighted by atomic mass is 32.2. The first-order valence-electron chi connectivity index (χ1n) is 6.10. The molecule has 100 valence electrons. The van der Waals surface area contributed by atoms with Crippen LogP contribution in [0.5, 0.6) is 0 Å². The summed E-state index contributed by atoms with van der Waals surface area (Å²) in [5, 5.41) is 0. The Morgan fingerprint density at radius 3 is 2.12 bits per heavy atom. The number of carbonyl (C=O) groups excluding carboxylic acids is 1. The quantitative estimate of drug-likeness (QED) is 0.809. The smallest absolute Gasteiger partial charge is 0.155 e. The van der Waals surface area contributed by atoms with E-state index in [1.54, 1.807) is 20.8 Å². The molecule has 0 saturated heterocycles. The highest BCUT2D eigenvalue weighted by Gasteiger charge is 2.42. The van der Waals surface area contributed by atoms with Crippen LogP contribution in [0.2, 0.25) is 0 Å². The fourth-order valence-electron chi connectivity index (χ4n) is 2.00. The molecule has 1 aliphatic carbocycles. The van der Waals surface area contributed by atoms with Gasteiger partial charge in [-0.05, 0) is 33.6 Å². The fraction of sp³-hybridized carbons (Fsp3) is 0.917. The van der Waals surface area contributed by atoms with Crippen molar-refractivity contribution in [3.05, 3.63) is 0 Å². The summed E-state index contributed by atoms with van der Waals surface area (Å²) >= 11 is 0. The van der Waals surface area contributed by atoms with Crippen LogP contribution in [0, 0.1) is 5.41 Å². The third-order valence-corrected chi connectivity index (χ3v) is 6.43. The Morgan fingerprint density at radius 2 is 1.82 bits per heavy atom. The molecule has 17 heavy (non-hydrogen) atoms. The molecule has 0 aromatic rings. The average Bonchev–Trinajstić information content (AvgIpc) is 2.12. The van der Waals surface area contributed by atoms with Crippen molar-refractivity contribution in [2.24, 2.45) is 11.1 Å². The average molecular weight is 261 g/mol. The van der Waals surface area contributed by atoms with E-state index in [2.05, 4.69) is 0 Å². The Kier molecular flexibility index (Phi) is 4.04. The van der Waals surface area contributed by atoms with Crippen molar-refractivity contribution in [1.29, 1.82) is 0 Å². The normalized spacial score (nSPS) is 19.8. The van der Waals surface area contributed by atoms with Gasteiger partial charge in [-0.3, -0.25) is 4.79 Å². The maximum Gasteiger partial charge on any atom is 0.155 e. The van der Waals surface area contributed by atoms with Gasteiger partial charge >= 0.3 is 0 Å². The van der Waals surface area contributed by atoms with Crippen molar-refractivity contribution < 1.29 is 13.2 Å². The number of rotatable bonds is 5. The molecule has 1 aliphatic rings. The van der Waals surface area contributed by atoms with Gasteiger partial charge in [-0.2, -0.15) is 0 Å². The van der Waals surface area contributed by atoms with Gasteiger partial charge < -0.3 is 5.73 Å². The molecule has 1 saturated carbocycles. The molecular formula is C12H23NO3S. The van der Waals surface area contributed by atoms with E-state index in [0.29, 0.717) is 6.54 Å². The predicted octanol–water partition coefficient (Wildman–Crippen LogP) is 1.29. The van der Waals surface area contributed by atoms with Crippen molar-refractivity contribution in [3.8, 4) is 0 Å². The zero-order chi connectivity index (χ0) is 13.3. The Hall–Kier alpha value is -0.420. The molecular weight excluding hydrogens is 238 g/mol. The number of hydrogen-bond acceptors (Lipinski definition) is 4. The molecule has 0 atom stereocenters. The van der Waals surface area contributed by atoms with Crippen LogP contribution in [0.1, 0.15) is 46.5 Å². The van der Waals surface area contributed by atoms with Crippen LogP contribution in [-0.2, 0) is 14.6 Å². The number of sulfone groups is 1. The summed E-state index contributed by atoms with van der Waals surface area (Å²) in [6.45, 7) is 5.33. The van der Waals surface area contributed by atoms with Crippen molar-refractivity contribution >= 4 is 15.6 Å². The molecule has 0 aliphatic heterocycles. The van der Waals surface area contributed by atoms with E-state index in [-0.39, 0.29) is 18.0 Å². The summed E-state index contributed by atoms with van der Waals surface area (Å²) < 4.78 is 23.0. The van der Waals surface area contributed by atoms with Crippen LogP contribution in [-0.4, -0.2) is 31.2 Å². The second kappa shape index (κ2) is 4.69. The first-order valence-corrected chi connectivity index (χ1v) is 7.75. The van der Waals surface area contributed by atoms with E-state index < -0.39 is 20.0 Å². The van der Waals surface area contributed by atoms with E-state index in [9.17, 15) is 13.2 Å². The molecule has 0 bridgehead atoms. The molecule has 1 rings (SSSR count). The van der Waals surface area contributed by atoms with E-state index >= 15 is 0 Å². The summed E-state index contributed by atoms with van der Waals surface area (Å²) in [6, 6.07) is 0. The zero-order valence-corrected chi connectivity index (χ0v) is 11.8. The SMILES string of the molecule is CC(C)(C)S(=O)(=O)CCC(=O)C1(CN)CCC1. The van der Waals surface area contributed by atoms with Crippen molar-refractivity contribution in [3.63, 3.8) is 0 Å². The van der Waals surface area contributed by atoms with E-state index in [1.807, 2.05) is 0 Å². The molecule has 0 spiro atoms. The molecule has 0 unspecified atom stereocenters. The Labute approximate surface area is 104 Å². The topological polar surface area (TPSA) is 77.2 Å². The standard InChI is InChI=1S/C12H23NO3S/c1-11(2,3)17(15,16)8-5-10(14)12(9-13)6-4-7-12/h4-9,13H2,1-3H3. The minimum absolute atomic E-state index is 0.0269. The number of hydrogen-bond donors (Lipinski definition) is 1. The molecule has 1 fully saturated rings. The van der Waals surface area contributed by atoms with Crippen molar-refractivity contribution in [1.82, 2.24) is 0 Å². The van der Waals surface area contributed by atoms with Crippen LogP contribution in [0.4, 0.5) is 0 Å². The van der Waals surface area contributed by atoms with Crippen molar-refractivity contribution in [2.75, 3.05) is 12.3 Å². The second-order valence-corrected chi connectivity index (χ2v) is 8.80. The van der Waals surface area contributed by atoms with Gasteiger partial charge in [0, 0.05) is 18.4 Å². The first kappa shape index (κ1) is 14.6. The first-order chi connectivity index (χ1) is 7.65. The highest BCUT2D eigenvalue weighted by Crippen LogP contribution is 2.41. The van der Waals surface area contributed by atoms with Crippen LogP contribution in [0.3, 0.4) is 0 Å². The van der Waals surface area contributed by atoms with Crippen LogP contribution in [0.25, 0.3) is 0 Å². The Balaban J connectivity index is 2.61. The molecule has 4 nitrogen and oxygen atoms in total. The van der Waals surface area contributed by atoms with Crippen LogP contribution >= 0.6 is 0 Å². The van der Waals surface area contributed by atoms with Crippen molar-refractivity contribution in [2.45, 2.75) is 51.2 Å². The minimum Gasteiger partial charge on any atom is -0.329 e. The third-order valence-electron chi connectivity index (χ3n) is 3.82. The molecule has 0 heterocycles. The zero-order valence-electron chi connectivity index (χ0n) is 11.0. The lowest BCUT2D eigenvalue weighted by atomic mass is 9.65. The second-order valence-electron chi connectivity index (χ2n) is 5.94. The lowest BCUT2D eigenvalue weighted by molar-refractivity contribution is -0.132. The number of Topliss-reactive ketones (excluding diaryl/α,β-unsaturated/α-hetero) is 1. The maximum absolute atomic E-state index is 12.0. The summed E-state index contributed by atoms with van der Waals surface area (Å²) in [6.07, 6.45) is 2.77. The molecule has 0 aromatic carbocycles. The van der Waals surface area contributed by atoms with E-state index in [4.69, 9.17) is 5.73 Å². The van der Waals surface area contributed by atoms with Gasteiger partial charge in [-0.1, -0.05) is 6.42 Å². The summed E-state index contributed by atoms with van der Waals surface area (Å²) in [5.74, 6) is -0.0315. The van der Waals surface area contributed by atoms with Crippen LogP contribution in [0.15, 0.2) is 0 Å². The predicted molar refractivity (Wildman–Crippen MR) is 68.5 cm³/mol. The fourth-order valence-corrected chi connectivity index (χ4v) is 3.07. The number of nitrogens with two attached hydrogens (primary N) is 1. The molecule has 0 aromatic heterocycles. The van der Waals surface area contributed by atoms with Gasteiger partial charge in [-0.15, -0.1) is 0 Å². The van der Waals surface area contributed by atoms with Gasteiger partial charge in [0.1, 0.15) is 5.78 Å². The Morgan fingerprint density at radius 1 is 1.29 bits per heavy atom. The molecule has 0 radical (unpaired) electrons. The van der Waals surface area contributed by atoms with Crippen LogP contribution < -0.4 is 5.73 Å². The maximum atomic E-state index is 12.0. The minimum atomic E-state index is -3.21. The highest BCUT2D eigenvalue weighted by molar-refractivity contribution is 7.92. The third kappa shape index (κ3) is 2.88. The summed E-state index contributed by atoms with van der Waals surface area (Å²) in [5.41, 5.74) is 5.22. The lowest BCUT2D eigenvalue weighted by Crippen LogP contribution is -2.45. The molecule has 2 N–H and O–H groups in total. The number of carbonyl (C=O) groups is 1. The summed E-state index contributed by atoms with van der Waals surface area (Å²) in [7, 11) is -3.21. The van der Waals surface area contributed by atoms with Gasteiger partial charge in [0.15, 0.2) is 9.84 Å². The lowest BCUT2D eigenvalue weighted by Gasteiger charge is -2.39. The summed E-state index contributed by atoms with van der Waals surface area (Å²) in [4.78, 5) is 12.0. The monoisotopic (exact) mass is 261 g/mol. The largest absolute Gasteiger partial charge is 0.329 e. The van der Waals surface area contributed by atoms with Gasteiger partial charge in [0.25, 0.3) is 0 Å². The number of ketones is 1. The van der Waals surface area contributed by atoms with Gasteiger partial charge in [0.05, 0.1) is 10.5 Å². The van der Waals surface area contributed by atoms with Gasteiger partial charge in [0.2, 0.25) is 0 Å².